The molecule has 9 heteroatoms. The molecule has 6 heterocycles. The van der Waals surface area contributed by atoms with Gasteiger partial charge < -0.3 is 5.32 Å². The predicted octanol–water partition coefficient (Wildman–Crippen LogP) is 7.87. The van der Waals surface area contributed by atoms with Crippen LogP contribution in [-0.4, -0.2) is 50.6 Å². The minimum absolute atomic E-state index is 0.0841. The molecule has 6 nitrogen and oxygen atoms in total. The molecule has 4 aromatic rings. The third kappa shape index (κ3) is 5.34. The van der Waals surface area contributed by atoms with Crippen molar-refractivity contribution < 1.29 is 8.78 Å². The maximum atomic E-state index is 13.9. The van der Waals surface area contributed by atoms with Crippen LogP contribution in [0.4, 0.5) is 14.5 Å². The largest absolute Gasteiger partial charge is 0.353 e. The van der Waals surface area contributed by atoms with Crippen LogP contribution in [0, 0.1) is 0 Å². The van der Waals surface area contributed by atoms with Gasteiger partial charge in [0.25, 0.3) is 5.92 Å². The molecule has 3 aliphatic rings. The Hall–Kier alpha value is -3.95. The summed E-state index contributed by atoms with van der Waals surface area (Å²) in [6.45, 7) is 7.17. The highest BCUT2D eigenvalue weighted by atomic mass is 32.1. The number of aromatic nitrogens is 4. The van der Waals surface area contributed by atoms with Gasteiger partial charge in [0.15, 0.2) is 0 Å². The summed E-state index contributed by atoms with van der Waals surface area (Å²) in [6.07, 6.45) is 9.69. The number of halogens is 2. The molecule has 0 atom stereocenters. The lowest BCUT2D eigenvalue weighted by molar-refractivity contribution is 0.0131. The summed E-state index contributed by atoms with van der Waals surface area (Å²) in [7, 11) is 0. The molecular formula is C33H32F2N6S. The van der Waals surface area contributed by atoms with E-state index in [0.717, 1.165) is 81.2 Å². The molecule has 0 radical (unpaired) electrons. The first-order chi connectivity index (χ1) is 20.4. The van der Waals surface area contributed by atoms with Gasteiger partial charge in [-0.25, -0.2) is 13.8 Å². The summed E-state index contributed by atoms with van der Waals surface area (Å²) in [6, 6.07) is 10.1. The monoisotopic (exact) mass is 582 g/mol. The van der Waals surface area contributed by atoms with Gasteiger partial charge in [-0.2, -0.15) is 5.10 Å². The molecular weight excluding hydrogens is 550 g/mol. The molecule has 42 heavy (non-hydrogen) atoms. The zero-order valence-electron chi connectivity index (χ0n) is 23.5. The molecule has 2 fully saturated rings. The SMILES string of the molecule is C=C(/C=C(\C=C1CC1)CN1CCC(F)(F)C1)c1ccc2[nH]nc(C3=C(CC)Cc4c(ccnc4-c4cccs4)N3)c2n1. The number of alkyl halides is 2. The number of hydrogen-bond acceptors (Lipinski definition) is 6. The van der Waals surface area contributed by atoms with Crippen LogP contribution in [0.1, 0.15) is 49.6 Å². The first-order valence-corrected chi connectivity index (χ1v) is 15.3. The first kappa shape index (κ1) is 26.9. The molecule has 2 aliphatic heterocycles. The van der Waals surface area contributed by atoms with Gasteiger partial charge in [-0.05, 0) is 78.1 Å². The highest BCUT2D eigenvalue weighted by molar-refractivity contribution is 7.13. The number of hydrogen-bond donors (Lipinski definition) is 2. The second-order valence-corrected chi connectivity index (χ2v) is 12.3. The molecule has 1 saturated carbocycles. The highest BCUT2D eigenvalue weighted by Crippen LogP contribution is 2.40. The van der Waals surface area contributed by atoms with Crippen LogP contribution in [0.2, 0.25) is 0 Å². The number of pyridine rings is 2. The van der Waals surface area contributed by atoms with E-state index in [1.807, 2.05) is 35.4 Å². The Morgan fingerprint density at radius 2 is 2.07 bits per heavy atom. The molecule has 0 bridgehead atoms. The van der Waals surface area contributed by atoms with Gasteiger partial charge in [-0.15, -0.1) is 11.3 Å². The Bertz CT molecular complexity index is 1770. The van der Waals surface area contributed by atoms with Crippen molar-refractivity contribution in [3.63, 3.8) is 0 Å². The van der Waals surface area contributed by atoms with E-state index in [0.29, 0.717) is 13.1 Å². The summed E-state index contributed by atoms with van der Waals surface area (Å²) in [4.78, 5) is 12.7. The van der Waals surface area contributed by atoms with Crippen LogP contribution in [-0.2, 0) is 6.42 Å². The standard InChI is InChI=1S/C33H32F2N6S/c1-3-23-17-24-26(10-12-36-30(24)28-5-4-14-42-28)38-29(23)32-31-27(39-40-32)9-8-25(37-31)20(2)15-22(16-21-6-7-21)18-41-13-11-33(34,35)19-41/h4-5,8-10,12,14-16,38H,2-3,6-7,11,13,17-19H2,1H3,(H,39,40)/b22-15+. The number of aromatic amines is 1. The Kier molecular flexibility index (Phi) is 6.86. The van der Waals surface area contributed by atoms with Crippen molar-refractivity contribution in [3.05, 3.63) is 94.3 Å². The topological polar surface area (TPSA) is 69.7 Å². The zero-order chi connectivity index (χ0) is 28.8. The van der Waals surface area contributed by atoms with Crippen LogP contribution in [0.25, 0.3) is 32.9 Å². The summed E-state index contributed by atoms with van der Waals surface area (Å²) >= 11 is 1.70. The minimum Gasteiger partial charge on any atom is -0.353 e. The fourth-order valence-electron chi connectivity index (χ4n) is 5.83. The van der Waals surface area contributed by atoms with Crippen molar-refractivity contribution in [1.82, 2.24) is 25.1 Å². The fourth-order valence-corrected chi connectivity index (χ4v) is 6.58. The van der Waals surface area contributed by atoms with Crippen molar-refractivity contribution in [2.24, 2.45) is 0 Å². The van der Waals surface area contributed by atoms with Crippen molar-refractivity contribution in [2.45, 2.75) is 45.0 Å². The Labute approximate surface area is 247 Å². The number of anilines is 1. The zero-order valence-corrected chi connectivity index (χ0v) is 24.3. The lowest BCUT2D eigenvalue weighted by Gasteiger charge is -2.25. The van der Waals surface area contributed by atoms with E-state index in [2.05, 4.69) is 47.5 Å². The van der Waals surface area contributed by atoms with Gasteiger partial charge in [0.1, 0.15) is 11.2 Å². The number of H-pyrrole nitrogens is 1. The van der Waals surface area contributed by atoms with Gasteiger partial charge in [-0.1, -0.05) is 31.2 Å². The molecule has 214 valence electrons. The van der Waals surface area contributed by atoms with E-state index >= 15 is 0 Å². The van der Waals surface area contributed by atoms with E-state index in [-0.39, 0.29) is 13.0 Å². The maximum Gasteiger partial charge on any atom is 0.261 e. The van der Waals surface area contributed by atoms with Crippen molar-refractivity contribution in [2.75, 3.05) is 25.0 Å². The van der Waals surface area contributed by atoms with E-state index in [9.17, 15) is 8.78 Å². The maximum absolute atomic E-state index is 13.9. The minimum atomic E-state index is -2.61. The molecule has 2 N–H and O–H groups in total. The van der Waals surface area contributed by atoms with Gasteiger partial charge in [0, 0.05) is 37.0 Å². The fraction of sp³-hybridized carbons (Fsp3) is 0.303. The molecule has 0 unspecified atom stereocenters. The van der Waals surface area contributed by atoms with Gasteiger partial charge in [-0.3, -0.25) is 15.0 Å². The summed E-state index contributed by atoms with van der Waals surface area (Å²) < 4.78 is 27.7. The second kappa shape index (κ2) is 10.7. The number of likely N-dealkylation sites (tertiary alicyclic amines) is 1. The molecule has 7 rings (SSSR count). The number of allylic oxidation sites excluding steroid dienone is 4. The molecule has 0 aromatic carbocycles. The van der Waals surface area contributed by atoms with E-state index in [1.54, 1.807) is 11.3 Å². The second-order valence-electron chi connectivity index (χ2n) is 11.3. The van der Waals surface area contributed by atoms with E-state index in [4.69, 9.17) is 15.1 Å². The summed E-state index contributed by atoms with van der Waals surface area (Å²) in [5, 5.41) is 13.6. The van der Waals surface area contributed by atoms with Crippen LogP contribution >= 0.6 is 11.3 Å². The molecule has 1 saturated heterocycles. The highest BCUT2D eigenvalue weighted by Gasteiger charge is 2.38. The van der Waals surface area contributed by atoms with Crippen LogP contribution in [0.3, 0.4) is 0 Å². The lowest BCUT2D eigenvalue weighted by Crippen LogP contribution is -2.26. The number of rotatable bonds is 8. The van der Waals surface area contributed by atoms with E-state index in [1.165, 1.54) is 16.7 Å². The van der Waals surface area contributed by atoms with Crippen LogP contribution in [0.15, 0.2) is 77.4 Å². The van der Waals surface area contributed by atoms with Gasteiger partial charge in [0.2, 0.25) is 0 Å². The van der Waals surface area contributed by atoms with Crippen molar-refractivity contribution in [1.29, 1.82) is 0 Å². The summed E-state index contributed by atoms with van der Waals surface area (Å²) in [5.41, 5.74) is 11.7. The van der Waals surface area contributed by atoms with Gasteiger partial charge in [0.05, 0.1) is 34.0 Å². The number of nitrogens with zero attached hydrogens (tertiary/aromatic N) is 4. The molecule has 1 aliphatic carbocycles. The number of fused-ring (bicyclic) bond motifs is 2. The van der Waals surface area contributed by atoms with Crippen molar-refractivity contribution in [3.8, 4) is 10.6 Å². The first-order valence-electron chi connectivity index (χ1n) is 14.4. The van der Waals surface area contributed by atoms with Gasteiger partial charge >= 0.3 is 0 Å². The molecule has 0 amide bonds. The average Bonchev–Trinajstić information content (AvgIpc) is 3.34. The van der Waals surface area contributed by atoms with Crippen LogP contribution in [0.5, 0.6) is 0 Å². The number of thiophene rings is 1. The Balaban J connectivity index is 1.21. The Morgan fingerprint density at radius 3 is 2.81 bits per heavy atom. The Morgan fingerprint density at radius 1 is 1.19 bits per heavy atom. The quantitative estimate of drug-likeness (QED) is 0.207. The number of nitrogens with one attached hydrogen (secondary N) is 2. The normalized spacial score (nSPS) is 18.4. The predicted molar refractivity (Wildman–Crippen MR) is 166 cm³/mol. The molecule has 4 aromatic heterocycles. The smallest absolute Gasteiger partial charge is 0.261 e. The molecule has 0 spiro atoms. The van der Waals surface area contributed by atoms with Crippen molar-refractivity contribution >= 4 is 39.3 Å². The van der Waals surface area contributed by atoms with Crippen LogP contribution < -0.4 is 5.32 Å². The summed E-state index contributed by atoms with van der Waals surface area (Å²) in [5.74, 6) is -2.61. The third-order valence-electron chi connectivity index (χ3n) is 8.16. The lowest BCUT2D eigenvalue weighted by atomic mass is 9.93. The average molecular weight is 583 g/mol. The third-order valence-corrected chi connectivity index (χ3v) is 9.03. The van der Waals surface area contributed by atoms with E-state index < -0.39 is 5.92 Å².